The molecule has 0 saturated heterocycles. The first-order valence-electron chi connectivity index (χ1n) is 8.60. The van der Waals surface area contributed by atoms with Gasteiger partial charge in [-0.3, -0.25) is 10.1 Å². The smallest absolute Gasteiger partial charge is 0.269 e. The van der Waals surface area contributed by atoms with E-state index < -0.39 is 11.2 Å². The van der Waals surface area contributed by atoms with Crippen molar-refractivity contribution < 1.29 is 14.1 Å². The minimum Gasteiger partial charge on any atom is -0.464 e. The van der Waals surface area contributed by atoms with Gasteiger partial charge in [0.2, 0.25) is 6.23 Å². The number of nitro benzene ring substituents is 1. The maximum Gasteiger partial charge on any atom is 0.269 e. The highest BCUT2D eigenvalue weighted by Crippen LogP contribution is 2.47. The van der Waals surface area contributed by atoms with Gasteiger partial charge in [-0.1, -0.05) is 30.3 Å². The molecule has 2 aliphatic rings. The van der Waals surface area contributed by atoms with Crippen molar-refractivity contribution >= 4 is 11.4 Å². The van der Waals surface area contributed by atoms with Gasteiger partial charge >= 0.3 is 0 Å². The quantitative estimate of drug-likeness (QED) is 0.509. The first-order chi connectivity index (χ1) is 13.2. The van der Waals surface area contributed by atoms with Gasteiger partial charge < -0.3 is 9.15 Å². The minimum absolute atomic E-state index is 0.0145. The molecule has 0 radical (unpaired) electrons. The largest absolute Gasteiger partial charge is 0.464 e. The van der Waals surface area contributed by atoms with Gasteiger partial charge in [-0.05, 0) is 18.2 Å². The van der Waals surface area contributed by atoms with Crippen LogP contribution in [0.15, 0.2) is 76.4 Å². The summed E-state index contributed by atoms with van der Waals surface area (Å²) in [4.78, 5) is 10.8. The number of hydrogen-bond donors (Lipinski definition) is 0. The Bertz CT molecular complexity index is 1040. The molecule has 0 unspecified atom stereocenters. The number of nitro groups is 1. The van der Waals surface area contributed by atoms with Gasteiger partial charge in [0.1, 0.15) is 17.2 Å². The van der Waals surface area contributed by atoms with Gasteiger partial charge in [0.15, 0.2) is 0 Å². The number of non-ortho nitro benzene ring substituents is 1. The van der Waals surface area contributed by atoms with Crippen molar-refractivity contribution in [2.24, 2.45) is 5.10 Å². The highest BCUT2D eigenvalue weighted by molar-refractivity contribution is 5.99. The maximum absolute atomic E-state index is 11.2. The fourth-order valence-electron chi connectivity index (χ4n) is 3.64. The SMILES string of the molecule is O=[N+]([O-])c1cccc([C@H]2Oc3ccccc3[C@H]3CC(c4ccco4)=NN32)c1. The molecule has 5 rings (SSSR count). The standard InChI is InChI=1S/C20H15N3O4/c24-23(25)14-6-3-5-13(11-14)20-22-17(15-7-1-2-8-18(15)27-20)12-16(21-22)19-9-4-10-26-19/h1-11,17,20H,12H2/t17-,20-/m1/s1. The number of rotatable bonds is 3. The zero-order valence-corrected chi connectivity index (χ0v) is 14.2. The van der Waals surface area contributed by atoms with E-state index in [2.05, 4.69) is 0 Å². The van der Waals surface area contributed by atoms with E-state index in [0.717, 1.165) is 22.8 Å². The van der Waals surface area contributed by atoms with E-state index in [-0.39, 0.29) is 11.7 Å². The molecule has 7 nitrogen and oxygen atoms in total. The van der Waals surface area contributed by atoms with Crippen molar-refractivity contribution in [3.8, 4) is 5.75 Å². The molecule has 7 heteroatoms. The van der Waals surface area contributed by atoms with Gasteiger partial charge in [-0.25, -0.2) is 5.01 Å². The molecule has 2 aliphatic heterocycles. The van der Waals surface area contributed by atoms with Gasteiger partial charge in [0.25, 0.3) is 5.69 Å². The summed E-state index contributed by atoms with van der Waals surface area (Å²) in [5.41, 5.74) is 2.60. The third-order valence-corrected chi connectivity index (χ3v) is 4.87. The van der Waals surface area contributed by atoms with E-state index in [4.69, 9.17) is 14.3 Å². The number of fused-ring (bicyclic) bond motifs is 3. The first-order valence-corrected chi connectivity index (χ1v) is 8.60. The molecule has 3 heterocycles. The molecule has 27 heavy (non-hydrogen) atoms. The van der Waals surface area contributed by atoms with Crippen LogP contribution in [-0.4, -0.2) is 15.6 Å². The maximum atomic E-state index is 11.2. The van der Waals surface area contributed by atoms with Crippen LogP contribution in [0.2, 0.25) is 0 Å². The molecule has 0 saturated carbocycles. The Kier molecular flexibility index (Phi) is 3.46. The summed E-state index contributed by atoms with van der Waals surface area (Å²) in [7, 11) is 0. The highest BCUT2D eigenvalue weighted by Gasteiger charge is 2.41. The molecule has 2 atom stereocenters. The van der Waals surface area contributed by atoms with E-state index in [1.807, 2.05) is 47.5 Å². The topological polar surface area (TPSA) is 81.1 Å². The Morgan fingerprint density at radius 2 is 2.00 bits per heavy atom. The predicted molar refractivity (Wildman–Crippen MR) is 97.3 cm³/mol. The molecule has 0 aliphatic carbocycles. The van der Waals surface area contributed by atoms with Crippen molar-refractivity contribution in [3.05, 3.63) is 93.9 Å². The Hall–Kier alpha value is -3.61. The lowest BCUT2D eigenvalue weighted by molar-refractivity contribution is -0.385. The summed E-state index contributed by atoms with van der Waals surface area (Å²) >= 11 is 0. The Balaban J connectivity index is 1.61. The molecule has 0 bridgehead atoms. The van der Waals surface area contributed by atoms with E-state index in [1.54, 1.807) is 12.3 Å². The highest BCUT2D eigenvalue weighted by atomic mass is 16.6. The number of nitrogens with zero attached hydrogens (tertiary/aromatic N) is 3. The van der Waals surface area contributed by atoms with E-state index in [1.165, 1.54) is 12.1 Å². The van der Waals surface area contributed by atoms with Crippen LogP contribution in [0.1, 0.15) is 35.6 Å². The van der Waals surface area contributed by atoms with Crippen LogP contribution >= 0.6 is 0 Å². The zero-order valence-electron chi connectivity index (χ0n) is 14.2. The second-order valence-corrected chi connectivity index (χ2v) is 6.48. The molecule has 1 aromatic heterocycles. The molecular weight excluding hydrogens is 346 g/mol. The van der Waals surface area contributed by atoms with Crippen molar-refractivity contribution in [1.82, 2.24) is 5.01 Å². The van der Waals surface area contributed by atoms with Crippen molar-refractivity contribution in [2.75, 3.05) is 0 Å². The molecular formula is C20H15N3O4. The summed E-state index contributed by atoms with van der Waals surface area (Å²) < 4.78 is 11.7. The molecule has 0 amide bonds. The van der Waals surface area contributed by atoms with Crippen LogP contribution in [0.4, 0.5) is 5.69 Å². The predicted octanol–water partition coefficient (Wildman–Crippen LogP) is 4.43. The van der Waals surface area contributed by atoms with E-state index in [9.17, 15) is 10.1 Å². The number of para-hydroxylation sites is 1. The fraction of sp³-hybridized carbons (Fsp3) is 0.150. The fourth-order valence-corrected chi connectivity index (χ4v) is 3.64. The van der Waals surface area contributed by atoms with Crippen LogP contribution in [0, 0.1) is 10.1 Å². The summed E-state index contributed by atoms with van der Waals surface area (Å²) in [5, 5.41) is 17.8. The van der Waals surface area contributed by atoms with Gasteiger partial charge in [0, 0.05) is 29.7 Å². The Morgan fingerprint density at radius 1 is 1.11 bits per heavy atom. The normalized spacial score (nSPS) is 20.4. The Labute approximate surface area is 154 Å². The number of benzene rings is 2. The molecule has 3 aromatic rings. The second-order valence-electron chi connectivity index (χ2n) is 6.48. The molecule has 0 fully saturated rings. The average Bonchev–Trinajstić information content (AvgIpc) is 3.37. The molecule has 134 valence electrons. The first kappa shape index (κ1) is 15.6. The number of hydrazone groups is 1. The van der Waals surface area contributed by atoms with Crippen LogP contribution in [-0.2, 0) is 0 Å². The van der Waals surface area contributed by atoms with E-state index >= 15 is 0 Å². The van der Waals surface area contributed by atoms with Crippen LogP contribution in [0.25, 0.3) is 0 Å². The minimum atomic E-state index is -0.544. The summed E-state index contributed by atoms with van der Waals surface area (Å²) in [6.45, 7) is 0. The van der Waals surface area contributed by atoms with E-state index in [0.29, 0.717) is 12.0 Å². The van der Waals surface area contributed by atoms with Crippen molar-refractivity contribution in [1.29, 1.82) is 0 Å². The molecule has 2 aromatic carbocycles. The summed E-state index contributed by atoms with van der Waals surface area (Å²) in [6.07, 6.45) is 1.76. The third kappa shape index (κ3) is 2.55. The van der Waals surface area contributed by atoms with Gasteiger partial charge in [-0.15, -0.1) is 0 Å². The monoisotopic (exact) mass is 361 g/mol. The van der Waals surface area contributed by atoms with Crippen molar-refractivity contribution in [2.45, 2.75) is 18.7 Å². The lowest BCUT2D eigenvalue weighted by Gasteiger charge is -2.38. The lowest BCUT2D eigenvalue weighted by atomic mass is 9.97. The molecule has 0 N–H and O–H groups in total. The Morgan fingerprint density at radius 3 is 2.81 bits per heavy atom. The van der Waals surface area contributed by atoms with Crippen LogP contribution in [0.5, 0.6) is 5.75 Å². The van der Waals surface area contributed by atoms with Gasteiger partial charge in [-0.2, -0.15) is 5.10 Å². The second kappa shape index (κ2) is 5.98. The van der Waals surface area contributed by atoms with Gasteiger partial charge in [0.05, 0.1) is 17.2 Å². The molecule has 0 spiro atoms. The lowest BCUT2D eigenvalue weighted by Crippen LogP contribution is -2.33. The third-order valence-electron chi connectivity index (χ3n) is 4.87. The number of hydrogen-bond acceptors (Lipinski definition) is 6. The van der Waals surface area contributed by atoms with Crippen molar-refractivity contribution in [3.63, 3.8) is 0 Å². The summed E-state index contributed by atoms with van der Waals surface area (Å²) in [6, 6.07) is 18.0. The average molecular weight is 361 g/mol. The number of furan rings is 1. The summed E-state index contributed by atoms with van der Waals surface area (Å²) in [5.74, 6) is 1.49. The zero-order chi connectivity index (χ0) is 18.4. The van der Waals surface area contributed by atoms with Crippen LogP contribution in [0.3, 0.4) is 0 Å². The number of ether oxygens (including phenoxy) is 1. The van der Waals surface area contributed by atoms with Crippen LogP contribution < -0.4 is 4.74 Å².